The fraction of sp³-hybridized carbons (Fsp3) is 0.500. The number of carbonyl (C=O) groups excluding carboxylic acids is 1. The minimum absolute atomic E-state index is 0.134. The van der Waals surface area contributed by atoms with Gasteiger partial charge in [0, 0.05) is 13.0 Å². The zero-order valence-corrected chi connectivity index (χ0v) is 10.7. The van der Waals surface area contributed by atoms with Crippen molar-refractivity contribution in [2.24, 2.45) is 0 Å². The van der Waals surface area contributed by atoms with E-state index in [4.69, 9.17) is 5.11 Å². The van der Waals surface area contributed by atoms with Crippen LogP contribution >= 0.6 is 11.3 Å². The van der Waals surface area contributed by atoms with Crippen LogP contribution in [0, 0.1) is 0 Å². The maximum atomic E-state index is 13.9. The van der Waals surface area contributed by atoms with Crippen molar-refractivity contribution in [2.45, 2.75) is 24.9 Å². The molecule has 98 valence electrons. The minimum atomic E-state index is -2.29. The quantitative estimate of drug-likeness (QED) is 0.913. The van der Waals surface area contributed by atoms with Gasteiger partial charge in [-0.3, -0.25) is 4.79 Å². The molecule has 0 bridgehead atoms. The first-order valence-electron chi connectivity index (χ1n) is 5.67. The Hall–Kier alpha value is -1.43. The fourth-order valence-corrected chi connectivity index (χ4v) is 2.83. The van der Waals surface area contributed by atoms with Gasteiger partial charge in [-0.2, -0.15) is 11.3 Å². The van der Waals surface area contributed by atoms with Crippen molar-refractivity contribution < 1.29 is 19.1 Å². The van der Waals surface area contributed by atoms with Crippen LogP contribution in [0.15, 0.2) is 16.8 Å². The maximum absolute atomic E-state index is 13.9. The third-order valence-corrected chi connectivity index (χ3v) is 4.03. The van der Waals surface area contributed by atoms with Gasteiger partial charge in [0.15, 0.2) is 0 Å². The van der Waals surface area contributed by atoms with Gasteiger partial charge < -0.3 is 10.0 Å². The number of carbonyl (C=O) groups is 2. The molecule has 1 aromatic rings. The molecule has 2 atom stereocenters. The van der Waals surface area contributed by atoms with E-state index in [-0.39, 0.29) is 31.3 Å². The molecular weight excluding hydrogens is 257 g/mol. The summed E-state index contributed by atoms with van der Waals surface area (Å²) in [5.74, 6) is -2.05. The third-order valence-electron chi connectivity index (χ3n) is 3.33. The second-order valence-electron chi connectivity index (χ2n) is 4.56. The molecule has 1 aliphatic rings. The number of aliphatic carboxylic acids is 1. The summed E-state index contributed by atoms with van der Waals surface area (Å²) in [5.41, 5.74) is -1.40. The average Bonchev–Trinajstić information content (AvgIpc) is 2.96. The monoisotopic (exact) mass is 271 g/mol. The summed E-state index contributed by atoms with van der Waals surface area (Å²) in [7, 11) is 0. The Balaban J connectivity index is 2.06. The van der Waals surface area contributed by atoms with Gasteiger partial charge in [0.25, 0.3) is 0 Å². The average molecular weight is 271 g/mol. The molecule has 2 rings (SSSR count). The molecule has 1 aromatic heterocycles. The number of carboxylic acid groups (broad SMARTS) is 1. The first-order chi connectivity index (χ1) is 8.44. The first kappa shape index (κ1) is 13.0. The summed E-state index contributed by atoms with van der Waals surface area (Å²) in [4.78, 5) is 24.2. The van der Waals surface area contributed by atoms with E-state index < -0.39 is 11.6 Å². The van der Waals surface area contributed by atoms with Crippen molar-refractivity contribution in [3.05, 3.63) is 22.4 Å². The highest BCUT2D eigenvalue weighted by molar-refractivity contribution is 7.08. The van der Waals surface area contributed by atoms with Crippen LogP contribution in [0.1, 0.15) is 24.8 Å². The highest BCUT2D eigenvalue weighted by Gasteiger charge is 2.47. The van der Waals surface area contributed by atoms with Crippen LogP contribution in [-0.4, -0.2) is 40.6 Å². The van der Waals surface area contributed by atoms with E-state index in [0.29, 0.717) is 0 Å². The van der Waals surface area contributed by atoms with E-state index in [2.05, 4.69) is 0 Å². The molecule has 1 fully saturated rings. The number of hydrogen-bond donors (Lipinski definition) is 1. The second kappa shape index (κ2) is 4.68. The van der Waals surface area contributed by atoms with Crippen molar-refractivity contribution in [1.82, 2.24) is 4.90 Å². The number of carboxylic acids is 1. The number of rotatable bonds is 3. The van der Waals surface area contributed by atoms with E-state index in [0.717, 1.165) is 5.56 Å². The van der Waals surface area contributed by atoms with Crippen molar-refractivity contribution in [2.75, 3.05) is 13.1 Å². The Morgan fingerprint density at radius 3 is 2.83 bits per heavy atom. The lowest BCUT2D eigenvalue weighted by Gasteiger charge is -2.21. The summed E-state index contributed by atoms with van der Waals surface area (Å²) in [6.07, 6.45) is -0.134. The summed E-state index contributed by atoms with van der Waals surface area (Å²) >= 11 is 1.49. The van der Waals surface area contributed by atoms with E-state index in [1.165, 1.54) is 16.2 Å². The summed E-state index contributed by atoms with van der Waals surface area (Å²) in [6, 6.07) is 1.85. The maximum Gasteiger partial charge on any atom is 0.343 e. The van der Waals surface area contributed by atoms with Gasteiger partial charge in [-0.05, 0) is 29.3 Å². The van der Waals surface area contributed by atoms with Crippen LogP contribution in [-0.2, 0) is 9.59 Å². The molecule has 6 heteroatoms. The van der Waals surface area contributed by atoms with E-state index >= 15 is 0 Å². The molecule has 4 nitrogen and oxygen atoms in total. The van der Waals surface area contributed by atoms with Gasteiger partial charge in [-0.25, -0.2) is 9.18 Å². The number of amides is 1. The van der Waals surface area contributed by atoms with E-state index in [9.17, 15) is 14.0 Å². The van der Waals surface area contributed by atoms with Gasteiger partial charge in [0.1, 0.15) is 0 Å². The van der Waals surface area contributed by atoms with Gasteiger partial charge >= 0.3 is 5.97 Å². The Labute approximate surface area is 108 Å². The highest BCUT2D eigenvalue weighted by Crippen LogP contribution is 2.29. The molecule has 1 saturated heterocycles. The predicted octanol–water partition coefficient (Wildman–Crippen LogP) is 1.88. The lowest BCUT2D eigenvalue weighted by atomic mass is 10.0. The molecule has 1 aliphatic heterocycles. The summed E-state index contributed by atoms with van der Waals surface area (Å²) < 4.78 is 13.9. The molecule has 1 amide bonds. The minimum Gasteiger partial charge on any atom is -0.479 e. The number of hydrogen-bond acceptors (Lipinski definition) is 3. The van der Waals surface area contributed by atoms with Gasteiger partial charge in [0.05, 0.1) is 12.5 Å². The van der Waals surface area contributed by atoms with Crippen molar-refractivity contribution in [3.8, 4) is 0 Å². The van der Waals surface area contributed by atoms with Crippen LogP contribution in [0.5, 0.6) is 0 Å². The molecule has 0 spiro atoms. The second-order valence-corrected chi connectivity index (χ2v) is 5.34. The fourth-order valence-electron chi connectivity index (χ4n) is 2.07. The molecular formula is C12H14FNO3S. The molecule has 2 heterocycles. The number of halogens is 1. The van der Waals surface area contributed by atoms with Gasteiger partial charge in [-0.1, -0.05) is 0 Å². The van der Waals surface area contributed by atoms with Crippen LogP contribution in [0.4, 0.5) is 4.39 Å². The summed E-state index contributed by atoms with van der Waals surface area (Å²) in [6.45, 7) is 1.56. The smallest absolute Gasteiger partial charge is 0.343 e. The Kier molecular flexibility index (Phi) is 3.38. The van der Waals surface area contributed by atoms with Crippen LogP contribution < -0.4 is 0 Å². The van der Waals surface area contributed by atoms with Crippen LogP contribution in [0.25, 0.3) is 0 Å². The summed E-state index contributed by atoms with van der Waals surface area (Å²) in [5, 5.41) is 12.5. The number of likely N-dealkylation sites (tertiary alicyclic amines) is 1. The third kappa shape index (κ3) is 2.25. The normalized spacial score (nSPS) is 25.1. The topological polar surface area (TPSA) is 57.6 Å². The number of nitrogens with zero attached hydrogens (tertiary/aromatic N) is 1. The van der Waals surface area contributed by atoms with Gasteiger partial charge in [0.2, 0.25) is 11.6 Å². The Morgan fingerprint density at radius 2 is 2.33 bits per heavy atom. The zero-order valence-electron chi connectivity index (χ0n) is 9.93. The number of thiophene rings is 1. The molecule has 0 saturated carbocycles. The highest BCUT2D eigenvalue weighted by atomic mass is 32.1. The largest absolute Gasteiger partial charge is 0.479 e. The van der Waals surface area contributed by atoms with Crippen molar-refractivity contribution in [1.29, 1.82) is 0 Å². The molecule has 0 aliphatic carbocycles. The molecule has 2 unspecified atom stereocenters. The van der Waals surface area contributed by atoms with Crippen molar-refractivity contribution in [3.63, 3.8) is 0 Å². The van der Waals surface area contributed by atoms with Gasteiger partial charge in [-0.15, -0.1) is 0 Å². The van der Waals surface area contributed by atoms with E-state index in [1.54, 1.807) is 6.92 Å². The standard InChI is InChI=1S/C12H14FNO3S/c1-8(9-2-5-18-6-9)10(15)14-4-3-12(13,7-14)11(16)17/h2,5-6,8H,3-4,7H2,1H3,(H,16,17). The van der Waals surface area contributed by atoms with Crippen LogP contribution in [0.2, 0.25) is 0 Å². The van der Waals surface area contributed by atoms with Crippen molar-refractivity contribution >= 4 is 23.2 Å². The molecule has 0 aromatic carbocycles. The predicted molar refractivity (Wildman–Crippen MR) is 65.4 cm³/mol. The molecule has 0 radical (unpaired) electrons. The molecule has 1 N–H and O–H groups in total. The number of alkyl halides is 1. The lowest BCUT2D eigenvalue weighted by Crippen LogP contribution is -2.40. The molecule has 18 heavy (non-hydrogen) atoms. The first-order valence-corrected chi connectivity index (χ1v) is 6.61. The Bertz CT molecular complexity index is 462. The zero-order chi connectivity index (χ0) is 13.3. The van der Waals surface area contributed by atoms with E-state index in [1.807, 2.05) is 16.8 Å². The SMILES string of the molecule is CC(C(=O)N1CCC(F)(C(=O)O)C1)c1ccsc1. The van der Waals surface area contributed by atoms with Crippen LogP contribution in [0.3, 0.4) is 0 Å². The lowest BCUT2D eigenvalue weighted by molar-refractivity contribution is -0.150. The Morgan fingerprint density at radius 1 is 1.61 bits per heavy atom.